The molecule has 7 heteroatoms. The molecule has 0 aliphatic heterocycles. The van der Waals surface area contributed by atoms with E-state index >= 15 is 0 Å². The van der Waals surface area contributed by atoms with Crippen LogP contribution >= 0.6 is 24.8 Å². The number of aryl methyl sites for hydroxylation is 1. The maximum absolute atomic E-state index is 11.2. The van der Waals surface area contributed by atoms with Gasteiger partial charge in [-0.2, -0.15) is 0 Å². The summed E-state index contributed by atoms with van der Waals surface area (Å²) in [6.45, 7) is 4.12. The van der Waals surface area contributed by atoms with Gasteiger partial charge in [0.05, 0.1) is 0 Å². The number of hydrogen-bond donors (Lipinski definition) is 3. The quantitative estimate of drug-likeness (QED) is 0.665. The molecule has 26 heavy (non-hydrogen) atoms. The van der Waals surface area contributed by atoms with Gasteiger partial charge in [0.15, 0.2) is 0 Å². The van der Waals surface area contributed by atoms with E-state index in [9.17, 15) is 9.59 Å². The van der Waals surface area contributed by atoms with Crippen molar-refractivity contribution < 1.29 is 14.7 Å². The van der Waals surface area contributed by atoms with Crippen molar-refractivity contribution >= 4 is 42.4 Å². The topological polar surface area (TPSA) is 78.4 Å². The van der Waals surface area contributed by atoms with Gasteiger partial charge in [0.1, 0.15) is 6.04 Å². The first-order chi connectivity index (χ1) is 11.5. The molecule has 2 aromatic rings. The summed E-state index contributed by atoms with van der Waals surface area (Å²) < 4.78 is 0. The van der Waals surface area contributed by atoms with E-state index < -0.39 is 12.0 Å². The standard InChI is InChI=1S/C19H22N2O3.2ClH/c1-13-5-3-4-6-16(13)12-20-17-9-7-15(8-10-17)11-18(19(23)24)21-14(2)22;;/h3-10,18,20H,11-12H2,1-2H3,(H,21,22)(H,23,24);2*1H/t18-;;/m0../s1. The Bertz CT molecular complexity index is 721. The third-order valence-electron chi connectivity index (χ3n) is 3.81. The van der Waals surface area contributed by atoms with Gasteiger partial charge < -0.3 is 15.7 Å². The smallest absolute Gasteiger partial charge is 0.326 e. The predicted octanol–water partition coefficient (Wildman–Crippen LogP) is 3.58. The number of nitrogens with one attached hydrogen (secondary N) is 2. The van der Waals surface area contributed by atoms with Crippen LogP contribution < -0.4 is 10.6 Å². The highest BCUT2D eigenvalue weighted by Crippen LogP contribution is 2.14. The minimum atomic E-state index is -1.04. The molecule has 3 N–H and O–H groups in total. The first kappa shape index (κ1) is 23.8. The number of carbonyl (C=O) groups is 2. The molecule has 0 saturated heterocycles. The van der Waals surface area contributed by atoms with Crippen LogP contribution in [0.2, 0.25) is 0 Å². The largest absolute Gasteiger partial charge is 0.480 e. The zero-order valence-corrected chi connectivity index (χ0v) is 16.3. The second-order valence-corrected chi connectivity index (χ2v) is 5.77. The molecule has 2 rings (SSSR count). The Morgan fingerprint density at radius 3 is 2.19 bits per heavy atom. The van der Waals surface area contributed by atoms with Gasteiger partial charge in [-0.25, -0.2) is 4.79 Å². The summed E-state index contributed by atoms with van der Waals surface area (Å²) in [6.07, 6.45) is 0.257. The summed E-state index contributed by atoms with van der Waals surface area (Å²) in [4.78, 5) is 22.2. The molecule has 0 aliphatic carbocycles. The lowest BCUT2D eigenvalue weighted by Gasteiger charge is -2.14. The van der Waals surface area contributed by atoms with Crippen molar-refractivity contribution in [3.63, 3.8) is 0 Å². The molecule has 2 aromatic carbocycles. The number of benzene rings is 2. The Labute approximate surface area is 166 Å². The van der Waals surface area contributed by atoms with E-state index in [2.05, 4.69) is 29.7 Å². The van der Waals surface area contributed by atoms with Gasteiger partial charge in [-0.05, 0) is 35.7 Å². The number of amides is 1. The maximum atomic E-state index is 11.2. The number of hydrogen-bond acceptors (Lipinski definition) is 3. The Hall–Kier alpha value is -2.24. The number of carbonyl (C=O) groups excluding carboxylic acids is 1. The van der Waals surface area contributed by atoms with Crippen LogP contribution in [0.3, 0.4) is 0 Å². The van der Waals surface area contributed by atoms with E-state index in [1.54, 1.807) is 0 Å². The Morgan fingerprint density at radius 1 is 1.04 bits per heavy atom. The van der Waals surface area contributed by atoms with Gasteiger partial charge in [0, 0.05) is 25.6 Å². The van der Waals surface area contributed by atoms with Crippen molar-refractivity contribution in [2.24, 2.45) is 0 Å². The first-order valence-electron chi connectivity index (χ1n) is 7.83. The predicted molar refractivity (Wildman–Crippen MR) is 108 cm³/mol. The SMILES string of the molecule is CC(=O)N[C@@H](Cc1ccc(NCc2ccccc2C)cc1)C(=O)O.Cl.Cl. The third-order valence-corrected chi connectivity index (χ3v) is 3.81. The van der Waals surface area contributed by atoms with Crippen LogP contribution in [0.5, 0.6) is 0 Å². The fraction of sp³-hybridized carbons (Fsp3) is 0.263. The van der Waals surface area contributed by atoms with E-state index in [0.29, 0.717) is 0 Å². The van der Waals surface area contributed by atoms with Crippen molar-refractivity contribution in [3.8, 4) is 0 Å². The molecular weight excluding hydrogens is 375 g/mol. The minimum absolute atomic E-state index is 0. The molecule has 0 saturated carbocycles. The monoisotopic (exact) mass is 398 g/mol. The van der Waals surface area contributed by atoms with E-state index in [0.717, 1.165) is 17.8 Å². The van der Waals surface area contributed by atoms with Gasteiger partial charge in [-0.3, -0.25) is 4.79 Å². The van der Waals surface area contributed by atoms with Crippen LogP contribution in [0, 0.1) is 6.92 Å². The van der Waals surface area contributed by atoms with E-state index in [-0.39, 0.29) is 37.1 Å². The van der Waals surface area contributed by atoms with Crippen LogP contribution in [0.15, 0.2) is 48.5 Å². The number of carboxylic acid groups (broad SMARTS) is 1. The Kier molecular flexibility index (Phi) is 10.4. The average molecular weight is 399 g/mol. The average Bonchev–Trinajstić information content (AvgIpc) is 2.54. The minimum Gasteiger partial charge on any atom is -0.480 e. The van der Waals surface area contributed by atoms with Gasteiger partial charge in [0.2, 0.25) is 5.91 Å². The summed E-state index contributed by atoms with van der Waals surface area (Å²) in [5, 5.41) is 14.9. The molecule has 1 atom stereocenters. The lowest BCUT2D eigenvalue weighted by Crippen LogP contribution is -2.41. The number of halogens is 2. The van der Waals surface area contributed by atoms with E-state index in [1.165, 1.54) is 18.1 Å². The highest BCUT2D eigenvalue weighted by Gasteiger charge is 2.18. The normalized spacial score (nSPS) is 10.7. The van der Waals surface area contributed by atoms with Crippen LogP contribution in [-0.2, 0) is 22.6 Å². The summed E-state index contributed by atoms with van der Waals surface area (Å²) in [7, 11) is 0. The molecule has 5 nitrogen and oxygen atoms in total. The molecule has 142 valence electrons. The molecule has 0 spiro atoms. The fourth-order valence-electron chi connectivity index (χ4n) is 2.45. The second kappa shape index (κ2) is 11.4. The number of rotatable bonds is 7. The molecule has 0 heterocycles. The maximum Gasteiger partial charge on any atom is 0.326 e. The Balaban J connectivity index is 0.00000312. The first-order valence-corrected chi connectivity index (χ1v) is 7.83. The van der Waals surface area contributed by atoms with Crippen LogP contribution in [0.25, 0.3) is 0 Å². The summed E-state index contributed by atoms with van der Waals surface area (Å²) in [5.74, 6) is -1.38. The van der Waals surface area contributed by atoms with Crippen molar-refractivity contribution in [2.75, 3.05) is 5.32 Å². The highest BCUT2D eigenvalue weighted by molar-refractivity contribution is 5.85. The molecule has 1 amide bonds. The molecule has 0 bridgehead atoms. The number of anilines is 1. The Morgan fingerprint density at radius 2 is 1.65 bits per heavy atom. The van der Waals surface area contributed by atoms with E-state index in [4.69, 9.17) is 5.11 Å². The summed E-state index contributed by atoms with van der Waals surface area (Å²) in [5.41, 5.74) is 4.30. The lowest BCUT2D eigenvalue weighted by molar-refractivity contribution is -0.141. The molecule has 0 unspecified atom stereocenters. The van der Waals surface area contributed by atoms with Crippen molar-refractivity contribution in [3.05, 3.63) is 65.2 Å². The summed E-state index contributed by atoms with van der Waals surface area (Å²) >= 11 is 0. The van der Waals surface area contributed by atoms with Crippen molar-refractivity contribution in [1.82, 2.24) is 5.32 Å². The molecule has 0 fully saturated rings. The summed E-state index contributed by atoms with van der Waals surface area (Å²) in [6, 6.07) is 14.9. The molecule has 0 aromatic heterocycles. The van der Waals surface area contributed by atoms with Crippen LogP contribution in [-0.4, -0.2) is 23.0 Å². The van der Waals surface area contributed by atoms with Crippen LogP contribution in [0.1, 0.15) is 23.6 Å². The highest BCUT2D eigenvalue weighted by atomic mass is 35.5. The zero-order chi connectivity index (χ0) is 17.5. The molecule has 0 aliphatic rings. The van der Waals surface area contributed by atoms with Crippen molar-refractivity contribution in [1.29, 1.82) is 0 Å². The van der Waals surface area contributed by atoms with E-state index in [1.807, 2.05) is 36.4 Å². The van der Waals surface area contributed by atoms with Gasteiger partial charge >= 0.3 is 5.97 Å². The van der Waals surface area contributed by atoms with Gasteiger partial charge in [-0.15, -0.1) is 24.8 Å². The lowest BCUT2D eigenvalue weighted by atomic mass is 10.1. The fourth-order valence-corrected chi connectivity index (χ4v) is 2.45. The zero-order valence-electron chi connectivity index (χ0n) is 14.7. The molecular formula is C19H24Cl2N2O3. The van der Waals surface area contributed by atoms with Crippen LogP contribution in [0.4, 0.5) is 5.69 Å². The number of aliphatic carboxylic acids is 1. The van der Waals surface area contributed by atoms with Gasteiger partial charge in [-0.1, -0.05) is 36.4 Å². The van der Waals surface area contributed by atoms with Crippen molar-refractivity contribution in [2.45, 2.75) is 32.9 Å². The van der Waals surface area contributed by atoms with Gasteiger partial charge in [0.25, 0.3) is 0 Å². The molecule has 0 radical (unpaired) electrons. The number of carboxylic acids is 1. The second-order valence-electron chi connectivity index (χ2n) is 5.77. The third kappa shape index (κ3) is 7.33.